The van der Waals surface area contributed by atoms with Gasteiger partial charge in [0.05, 0.1) is 12.5 Å². The smallest absolute Gasteiger partial charge is 0.155 e. The molecule has 74 valence electrons. The first kappa shape index (κ1) is 9.02. The number of benzene rings is 1. The van der Waals surface area contributed by atoms with Crippen LogP contribution in [0.25, 0.3) is 0 Å². The van der Waals surface area contributed by atoms with E-state index in [4.69, 9.17) is 5.73 Å². The van der Waals surface area contributed by atoms with Crippen molar-refractivity contribution in [3.8, 4) is 5.75 Å². The fraction of sp³-hybridized carbons (Fsp3) is 0.300. The number of nitrogens with two attached hydrogens (primary N) is 1. The number of nitrogens with one attached hydrogen (secondary N) is 1. The number of carbonyl (C=O) groups is 1. The number of Topliss-reactive ketones (excluding diaryl/α,β-unsaturated/α-hetero) is 1. The highest BCUT2D eigenvalue weighted by Crippen LogP contribution is 2.34. The molecule has 0 amide bonds. The topological polar surface area (TPSA) is 75.4 Å². The van der Waals surface area contributed by atoms with E-state index < -0.39 is 0 Å². The van der Waals surface area contributed by atoms with Crippen LogP contribution in [0.5, 0.6) is 5.75 Å². The van der Waals surface area contributed by atoms with E-state index in [2.05, 4.69) is 5.32 Å². The fourth-order valence-corrected chi connectivity index (χ4v) is 1.75. The van der Waals surface area contributed by atoms with Gasteiger partial charge in [-0.3, -0.25) is 4.79 Å². The highest BCUT2D eigenvalue weighted by molar-refractivity contribution is 5.91. The molecule has 4 heteroatoms. The third-order valence-corrected chi connectivity index (χ3v) is 2.50. The molecule has 1 aliphatic rings. The van der Waals surface area contributed by atoms with Gasteiger partial charge in [0.1, 0.15) is 5.75 Å². The Labute approximate surface area is 81.7 Å². The lowest BCUT2D eigenvalue weighted by molar-refractivity contribution is -0.118. The number of ketones is 1. The van der Waals surface area contributed by atoms with Crippen LogP contribution in [0.15, 0.2) is 18.2 Å². The van der Waals surface area contributed by atoms with Gasteiger partial charge in [0.15, 0.2) is 5.78 Å². The number of aromatic hydroxyl groups is 1. The summed E-state index contributed by atoms with van der Waals surface area (Å²) in [5.41, 5.74) is 7.07. The zero-order valence-corrected chi connectivity index (χ0v) is 7.66. The molecule has 4 N–H and O–H groups in total. The van der Waals surface area contributed by atoms with Gasteiger partial charge in [-0.15, -0.1) is 0 Å². The molecule has 0 saturated carbocycles. The molecule has 0 bridgehead atoms. The molecule has 0 fully saturated rings. The maximum Gasteiger partial charge on any atom is 0.155 e. The van der Waals surface area contributed by atoms with Crippen LogP contribution in [-0.4, -0.2) is 24.0 Å². The van der Waals surface area contributed by atoms with Crippen molar-refractivity contribution in [3.05, 3.63) is 23.8 Å². The molecule has 0 spiro atoms. The summed E-state index contributed by atoms with van der Waals surface area (Å²) in [6, 6.07) is 4.99. The van der Waals surface area contributed by atoms with Crippen molar-refractivity contribution < 1.29 is 9.90 Å². The lowest BCUT2D eigenvalue weighted by Crippen LogP contribution is -2.22. The van der Waals surface area contributed by atoms with Gasteiger partial charge >= 0.3 is 0 Å². The first-order valence-electron chi connectivity index (χ1n) is 4.52. The number of hydrogen-bond acceptors (Lipinski definition) is 4. The molecule has 14 heavy (non-hydrogen) atoms. The van der Waals surface area contributed by atoms with Crippen molar-refractivity contribution in [1.82, 2.24) is 0 Å². The van der Waals surface area contributed by atoms with Crippen molar-refractivity contribution in [2.24, 2.45) is 5.73 Å². The molecule has 1 atom stereocenters. The summed E-state index contributed by atoms with van der Waals surface area (Å²) in [5, 5.41) is 12.4. The zero-order chi connectivity index (χ0) is 10.1. The van der Waals surface area contributed by atoms with E-state index in [-0.39, 0.29) is 24.0 Å². The highest BCUT2D eigenvalue weighted by Gasteiger charge is 2.27. The predicted octanol–water partition coefficient (Wildman–Crippen LogP) is 0.429. The first-order chi connectivity index (χ1) is 6.72. The van der Waals surface area contributed by atoms with Gasteiger partial charge in [-0.05, 0) is 23.8 Å². The minimum Gasteiger partial charge on any atom is -0.508 e. The molecule has 4 nitrogen and oxygen atoms in total. The summed E-state index contributed by atoms with van der Waals surface area (Å²) in [6.07, 6.45) is 0. The Kier molecular flexibility index (Phi) is 2.13. The van der Waals surface area contributed by atoms with E-state index >= 15 is 0 Å². The van der Waals surface area contributed by atoms with Gasteiger partial charge in [0.25, 0.3) is 0 Å². The Morgan fingerprint density at radius 2 is 2.43 bits per heavy atom. The van der Waals surface area contributed by atoms with E-state index in [9.17, 15) is 9.90 Å². The Morgan fingerprint density at radius 1 is 1.64 bits per heavy atom. The van der Waals surface area contributed by atoms with E-state index in [1.807, 2.05) is 0 Å². The van der Waals surface area contributed by atoms with Gasteiger partial charge in [-0.2, -0.15) is 0 Å². The molecule has 1 aromatic carbocycles. The quantitative estimate of drug-likeness (QED) is 0.594. The van der Waals surface area contributed by atoms with Gasteiger partial charge in [-0.25, -0.2) is 0 Å². The van der Waals surface area contributed by atoms with Crippen molar-refractivity contribution in [3.63, 3.8) is 0 Å². The fourth-order valence-electron chi connectivity index (χ4n) is 1.75. The average molecular weight is 192 g/mol. The number of carbonyl (C=O) groups excluding carboxylic acids is 1. The summed E-state index contributed by atoms with van der Waals surface area (Å²) in [4.78, 5) is 11.4. The van der Waals surface area contributed by atoms with Crippen molar-refractivity contribution in [1.29, 1.82) is 0 Å². The number of fused-ring (bicyclic) bond motifs is 1. The summed E-state index contributed by atoms with van der Waals surface area (Å²) >= 11 is 0. The summed E-state index contributed by atoms with van der Waals surface area (Å²) in [7, 11) is 0. The summed E-state index contributed by atoms with van der Waals surface area (Å²) in [6.45, 7) is 0.621. The molecule has 0 radical (unpaired) electrons. The molecule has 0 saturated heterocycles. The lowest BCUT2D eigenvalue weighted by atomic mass is 9.97. The summed E-state index contributed by atoms with van der Waals surface area (Å²) in [5.74, 6) is -0.0220. The molecule has 1 unspecified atom stereocenters. The predicted molar refractivity (Wildman–Crippen MR) is 53.4 cm³/mol. The van der Waals surface area contributed by atoms with Crippen LogP contribution in [0.3, 0.4) is 0 Å². The molecule has 0 aliphatic carbocycles. The van der Waals surface area contributed by atoms with Gasteiger partial charge in [-0.1, -0.05) is 0 Å². The van der Waals surface area contributed by atoms with Crippen molar-refractivity contribution in [2.75, 3.05) is 18.4 Å². The number of hydrogen-bond donors (Lipinski definition) is 3. The largest absolute Gasteiger partial charge is 0.508 e. The van der Waals surface area contributed by atoms with E-state index in [0.29, 0.717) is 6.54 Å². The van der Waals surface area contributed by atoms with Crippen LogP contribution in [0.1, 0.15) is 11.5 Å². The number of rotatable bonds is 2. The van der Waals surface area contributed by atoms with Crippen LogP contribution in [-0.2, 0) is 4.79 Å². The zero-order valence-electron chi connectivity index (χ0n) is 7.66. The summed E-state index contributed by atoms with van der Waals surface area (Å²) < 4.78 is 0. The van der Waals surface area contributed by atoms with E-state index in [1.165, 1.54) is 0 Å². The Hall–Kier alpha value is -1.55. The van der Waals surface area contributed by atoms with Crippen LogP contribution in [0, 0.1) is 0 Å². The SMILES string of the molecule is NCC(=O)C1CNc2ccc(O)cc21. The lowest BCUT2D eigenvalue weighted by Gasteiger charge is -2.06. The third-order valence-electron chi connectivity index (χ3n) is 2.50. The first-order valence-corrected chi connectivity index (χ1v) is 4.52. The molecule has 1 heterocycles. The van der Waals surface area contributed by atoms with Crippen molar-refractivity contribution in [2.45, 2.75) is 5.92 Å². The van der Waals surface area contributed by atoms with Crippen LogP contribution in [0.4, 0.5) is 5.69 Å². The highest BCUT2D eigenvalue weighted by atomic mass is 16.3. The van der Waals surface area contributed by atoms with Crippen LogP contribution >= 0.6 is 0 Å². The number of phenolic OH excluding ortho intramolecular Hbond substituents is 1. The monoisotopic (exact) mass is 192 g/mol. The maximum absolute atomic E-state index is 11.4. The maximum atomic E-state index is 11.4. The minimum absolute atomic E-state index is 0.00171. The third kappa shape index (κ3) is 1.33. The molecular weight excluding hydrogens is 180 g/mol. The van der Waals surface area contributed by atoms with Gasteiger partial charge in [0, 0.05) is 12.2 Å². The Bertz CT molecular complexity index is 376. The van der Waals surface area contributed by atoms with E-state index in [0.717, 1.165) is 11.3 Å². The Morgan fingerprint density at radius 3 is 3.14 bits per heavy atom. The van der Waals surface area contributed by atoms with Crippen LogP contribution in [0.2, 0.25) is 0 Å². The molecule has 0 aromatic heterocycles. The molecule has 1 aliphatic heterocycles. The molecule has 2 rings (SSSR count). The standard InChI is InChI=1S/C10H12N2O2/c11-4-10(14)8-5-12-9-2-1-6(13)3-7(8)9/h1-3,8,12-13H,4-5,11H2. The second kappa shape index (κ2) is 3.31. The van der Waals surface area contributed by atoms with Gasteiger partial charge < -0.3 is 16.2 Å². The van der Waals surface area contributed by atoms with Crippen molar-refractivity contribution >= 4 is 11.5 Å². The molecular formula is C10H12N2O2. The average Bonchev–Trinajstić information content (AvgIpc) is 2.59. The molecule has 1 aromatic rings. The second-order valence-electron chi connectivity index (χ2n) is 3.38. The van der Waals surface area contributed by atoms with Gasteiger partial charge in [0.2, 0.25) is 0 Å². The normalized spacial score (nSPS) is 18.8. The van der Waals surface area contributed by atoms with E-state index in [1.54, 1.807) is 18.2 Å². The van der Waals surface area contributed by atoms with Crippen LogP contribution < -0.4 is 11.1 Å². The number of anilines is 1. The number of phenols is 1. The Balaban J connectivity index is 2.38. The minimum atomic E-state index is -0.206. The second-order valence-corrected chi connectivity index (χ2v) is 3.38.